The van der Waals surface area contributed by atoms with E-state index in [1.807, 2.05) is 30.3 Å². The number of nitrogens with one attached hydrogen (secondary N) is 1. The van der Waals surface area contributed by atoms with Crippen LogP contribution < -0.4 is 14.9 Å². The van der Waals surface area contributed by atoms with Crippen molar-refractivity contribution in [3.63, 3.8) is 0 Å². The highest BCUT2D eigenvalue weighted by atomic mass is 32.1. The third-order valence-corrected chi connectivity index (χ3v) is 6.48. The van der Waals surface area contributed by atoms with Gasteiger partial charge in [-0.05, 0) is 62.4 Å². The first-order chi connectivity index (χ1) is 15.3. The van der Waals surface area contributed by atoms with Gasteiger partial charge >= 0.3 is 0 Å². The summed E-state index contributed by atoms with van der Waals surface area (Å²) in [5, 5.41) is 5.05. The largest absolute Gasteiger partial charge is 0.482 e. The lowest BCUT2D eigenvalue weighted by molar-refractivity contribution is -0.118. The van der Waals surface area contributed by atoms with Gasteiger partial charge < -0.3 is 14.6 Å². The van der Waals surface area contributed by atoms with Crippen LogP contribution in [0.5, 0.6) is 5.75 Å². The maximum absolute atomic E-state index is 11.8. The van der Waals surface area contributed by atoms with Gasteiger partial charge in [-0.25, -0.2) is 4.99 Å². The maximum Gasteiger partial charge on any atom is 0.262 e. The molecule has 3 aromatic rings. The summed E-state index contributed by atoms with van der Waals surface area (Å²) in [5.74, 6) is 0.581. The molecule has 0 unspecified atom stereocenters. The quantitative estimate of drug-likeness (QED) is 0.573. The molecule has 6 nitrogen and oxygen atoms in total. The van der Waals surface area contributed by atoms with Crippen LogP contribution in [-0.2, 0) is 11.3 Å². The molecule has 1 aliphatic heterocycles. The fourth-order valence-corrected chi connectivity index (χ4v) is 4.98. The van der Waals surface area contributed by atoms with E-state index in [2.05, 4.69) is 26.3 Å². The molecule has 0 atom stereocenters. The minimum Gasteiger partial charge on any atom is -0.482 e. The fraction of sp³-hybridized carbons (Fsp3) is 0.292. The van der Waals surface area contributed by atoms with Crippen LogP contribution in [0.25, 0.3) is 11.3 Å². The van der Waals surface area contributed by atoms with Gasteiger partial charge in [0, 0.05) is 23.7 Å². The van der Waals surface area contributed by atoms with Crippen molar-refractivity contribution < 1.29 is 9.53 Å². The van der Waals surface area contributed by atoms with E-state index in [4.69, 9.17) is 9.73 Å². The van der Waals surface area contributed by atoms with Crippen molar-refractivity contribution in [3.8, 4) is 17.0 Å². The summed E-state index contributed by atoms with van der Waals surface area (Å²) in [4.78, 5) is 21.7. The molecule has 0 spiro atoms. The summed E-state index contributed by atoms with van der Waals surface area (Å²) >= 11 is 1.62. The average Bonchev–Trinajstić information content (AvgIpc) is 3.21. The Balaban J connectivity index is 1.54. The van der Waals surface area contributed by atoms with E-state index in [1.165, 1.54) is 31.3 Å². The first kappa shape index (κ1) is 19.8. The monoisotopic (exact) mass is 432 g/mol. The van der Waals surface area contributed by atoms with E-state index in [0.717, 1.165) is 34.7 Å². The normalized spacial score (nSPS) is 16.3. The van der Waals surface area contributed by atoms with E-state index in [0.29, 0.717) is 11.4 Å². The van der Waals surface area contributed by atoms with Crippen molar-refractivity contribution in [2.45, 2.75) is 38.6 Å². The number of ether oxygens (including phenoxy) is 1. The molecule has 2 aromatic heterocycles. The minimum atomic E-state index is -0.126. The Labute approximate surface area is 185 Å². The lowest BCUT2D eigenvalue weighted by Gasteiger charge is -2.19. The highest BCUT2D eigenvalue weighted by Gasteiger charge is 2.18. The summed E-state index contributed by atoms with van der Waals surface area (Å²) in [7, 11) is 0. The molecule has 1 N–H and O–H groups in total. The van der Waals surface area contributed by atoms with Gasteiger partial charge in [0.15, 0.2) is 11.4 Å². The highest BCUT2D eigenvalue weighted by Crippen LogP contribution is 2.33. The van der Waals surface area contributed by atoms with Crippen LogP contribution in [0.15, 0.2) is 64.7 Å². The summed E-state index contributed by atoms with van der Waals surface area (Å²) in [5.41, 5.74) is 5.21. The van der Waals surface area contributed by atoms with E-state index in [-0.39, 0.29) is 12.5 Å². The van der Waals surface area contributed by atoms with Gasteiger partial charge in [-0.1, -0.05) is 11.6 Å². The van der Waals surface area contributed by atoms with E-state index >= 15 is 0 Å². The molecular formula is C24H24N4O2S. The number of fused-ring (bicyclic) bond motifs is 1. The summed E-state index contributed by atoms with van der Waals surface area (Å²) in [6, 6.07) is 9.82. The molecule has 0 radical (unpaired) electrons. The smallest absolute Gasteiger partial charge is 0.262 e. The van der Waals surface area contributed by atoms with Crippen LogP contribution in [-0.4, -0.2) is 22.1 Å². The standard InChI is InChI=1S/C24H24N4O2S/c29-23-15-30-22-9-8-18(13-20(22)27-23)21-16-31-24(26-19-7-4-11-25-14-19)28(21)12-10-17-5-2-1-3-6-17/h4-5,7-9,11,13-14,16H,1-3,6,10,12,15H2,(H,27,29). The van der Waals surface area contributed by atoms with Gasteiger partial charge in [0.05, 0.1) is 23.3 Å². The second-order valence-corrected chi connectivity index (χ2v) is 8.62. The molecule has 7 heteroatoms. The number of thiazole rings is 1. The SMILES string of the molecule is O=C1COc2ccc(-c3csc(=Nc4cccnc4)n3CCC3=CCCCC3)cc2N1. The Kier molecular flexibility index (Phi) is 5.67. The van der Waals surface area contributed by atoms with Crippen molar-refractivity contribution in [1.29, 1.82) is 0 Å². The molecule has 0 fully saturated rings. The number of hydrogen-bond donors (Lipinski definition) is 1. The summed E-state index contributed by atoms with van der Waals surface area (Å²) < 4.78 is 7.80. The zero-order valence-corrected chi connectivity index (χ0v) is 18.0. The number of aromatic nitrogens is 2. The number of allylic oxidation sites excluding steroid dienone is 2. The molecule has 3 heterocycles. The number of amides is 1. The van der Waals surface area contributed by atoms with E-state index < -0.39 is 0 Å². The number of nitrogens with zero attached hydrogens (tertiary/aromatic N) is 3. The Morgan fingerprint density at radius 1 is 1.26 bits per heavy atom. The summed E-state index contributed by atoms with van der Waals surface area (Å²) in [6.07, 6.45) is 11.9. The first-order valence-electron chi connectivity index (χ1n) is 10.6. The van der Waals surface area contributed by atoms with E-state index in [1.54, 1.807) is 23.7 Å². The van der Waals surface area contributed by atoms with Crippen LogP contribution in [0.3, 0.4) is 0 Å². The molecule has 0 bridgehead atoms. The Hall–Kier alpha value is -3.19. The zero-order chi connectivity index (χ0) is 21.0. The fourth-order valence-electron chi connectivity index (χ4n) is 4.03. The van der Waals surface area contributed by atoms with Crippen molar-refractivity contribution in [2.75, 3.05) is 11.9 Å². The Morgan fingerprint density at radius 2 is 2.23 bits per heavy atom. The predicted molar refractivity (Wildman–Crippen MR) is 122 cm³/mol. The Morgan fingerprint density at radius 3 is 3.06 bits per heavy atom. The van der Waals surface area contributed by atoms with Gasteiger partial charge in [0.25, 0.3) is 5.91 Å². The number of pyridine rings is 1. The lowest BCUT2D eigenvalue weighted by Crippen LogP contribution is -2.25. The van der Waals surface area contributed by atoms with Crippen molar-refractivity contribution in [1.82, 2.24) is 9.55 Å². The van der Waals surface area contributed by atoms with Gasteiger partial charge in [-0.15, -0.1) is 11.3 Å². The van der Waals surface area contributed by atoms with Crippen molar-refractivity contribution in [3.05, 3.63) is 64.6 Å². The number of anilines is 1. The summed E-state index contributed by atoms with van der Waals surface area (Å²) in [6.45, 7) is 0.928. The third kappa shape index (κ3) is 4.46. The molecule has 1 aliphatic carbocycles. The average molecular weight is 433 g/mol. The number of rotatable bonds is 5. The van der Waals surface area contributed by atoms with Gasteiger partial charge in [-0.2, -0.15) is 0 Å². The van der Waals surface area contributed by atoms with Crippen LogP contribution in [0.1, 0.15) is 32.1 Å². The molecule has 1 amide bonds. The molecule has 2 aliphatic rings. The van der Waals surface area contributed by atoms with Crippen LogP contribution in [0.4, 0.5) is 11.4 Å². The second kappa shape index (κ2) is 8.89. The lowest BCUT2D eigenvalue weighted by atomic mass is 9.97. The number of hydrogen-bond acceptors (Lipinski definition) is 5. The third-order valence-electron chi connectivity index (χ3n) is 5.62. The number of carbonyl (C=O) groups excluding carboxylic acids is 1. The van der Waals surface area contributed by atoms with Crippen LogP contribution >= 0.6 is 11.3 Å². The molecular weight excluding hydrogens is 408 g/mol. The second-order valence-electron chi connectivity index (χ2n) is 7.78. The van der Waals surface area contributed by atoms with E-state index in [9.17, 15) is 4.79 Å². The maximum atomic E-state index is 11.8. The van der Waals surface area contributed by atoms with Gasteiger partial charge in [-0.3, -0.25) is 9.78 Å². The minimum absolute atomic E-state index is 0.0635. The van der Waals surface area contributed by atoms with Crippen LogP contribution in [0.2, 0.25) is 0 Å². The number of benzene rings is 1. The molecule has 5 rings (SSSR count). The first-order valence-corrected chi connectivity index (χ1v) is 11.5. The topological polar surface area (TPSA) is 68.5 Å². The van der Waals surface area contributed by atoms with Gasteiger partial charge in [0.2, 0.25) is 0 Å². The Bertz CT molecular complexity index is 1190. The molecule has 158 valence electrons. The zero-order valence-electron chi connectivity index (χ0n) is 17.2. The van der Waals surface area contributed by atoms with Gasteiger partial charge in [0.1, 0.15) is 5.75 Å². The molecule has 31 heavy (non-hydrogen) atoms. The van der Waals surface area contributed by atoms with Crippen molar-refractivity contribution >= 4 is 28.6 Å². The molecule has 0 saturated carbocycles. The predicted octanol–water partition coefficient (Wildman–Crippen LogP) is 5.07. The molecule has 1 aromatic carbocycles. The van der Waals surface area contributed by atoms with Crippen molar-refractivity contribution in [2.24, 2.45) is 4.99 Å². The molecule has 0 saturated heterocycles. The highest BCUT2D eigenvalue weighted by molar-refractivity contribution is 7.07. The number of carbonyl (C=O) groups is 1. The van der Waals surface area contributed by atoms with Crippen LogP contribution in [0, 0.1) is 0 Å².